The van der Waals surface area contributed by atoms with E-state index in [-0.39, 0.29) is 6.42 Å². The Bertz CT molecular complexity index is 147. The number of unbranched alkanes of at least 4 members (excludes halogenated alkanes) is 1. The first-order valence-corrected chi connectivity index (χ1v) is 6.25. The van der Waals surface area contributed by atoms with E-state index in [1.54, 1.807) is 0 Å². The highest BCUT2D eigenvalue weighted by molar-refractivity contribution is 7.40. The topological polar surface area (TPSA) is 125 Å². The van der Waals surface area contributed by atoms with Crippen molar-refractivity contribution in [3.8, 4) is 0 Å². The van der Waals surface area contributed by atoms with Crippen molar-refractivity contribution in [1.82, 2.24) is 0 Å². The van der Waals surface area contributed by atoms with Crippen molar-refractivity contribution in [3.05, 3.63) is 0 Å². The second-order valence-electron chi connectivity index (χ2n) is 2.60. The summed E-state index contributed by atoms with van der Waals surface area (Å²) in [6, 6.07) is 0. The lowest BCUT2D eigenvalue weighted by Crippen LogP contribution is -2.43. The Morgan fingerprint density at radius 2 is 1.57 bits per heavy atom. The first-order valence-electron chi connectivity index (χ1n) is 3.92. The smallest absolute Gasteiger partial charge is 0.328 e. The molecular weight excluding hydrogens is 232 g/mol. The largest absolute Gasteiger partial charge is 0.330 e. The molecule has 0 amide bonds. The lowest BCUT2D eigenvalue weighted by molar-refractivity contribution is -0.125. The van der Waals surface area contributed by atoms with E-state index in [4.69, 9.17) is 25.3 Å². The third-order valence-corrected chi connectivity index (χ3v) is 2.30. The number of hydrogen-bond acceptors (Lipinski definition) is 7. The Morgan fingerprint density at radius 3 is 1.86 bits per heavy atom. The second kappa shape index (κ2) is 6.95. The van der Waals surface area contributed by atoms with Crippen LogP contribution in [0, 0.1) is 0 Å². The fourth-order valence-corrected chi connectivity index (χ4v) is 1.68. The summed E-state index contributed by atoms with van der Waals surface area (Å²) in [5, 5.41) is 0. The number of nitrogens with two attached hydrogens (primary N) is 1. The maximum atomic E-state index is 8.58. The molecule has 0 saturated heterocycles. The van der Waals surface area contributed by atoms with Crippen molar-refractivity contribution in [2.24, 2.45) is 5.73 Å². The molecule has 0 radical (unpaired) electrons. The minimum Gasteiger partial charge on any atom is -0.328 e. The predicted octanol–water partition coefficient (Wildman–Crippen LogP) is 0.245. The average molecular weight is 247 g/mol. The Balaban J connectivity index is 4.17. The van der Waals surface area contributed by atoms with Crippen LogP contribution in [0.2, 0.25) is 0 Å². The molecule has 0 spiro atoms. The van der Waals surface area contributed by atoms with Gasteiger partial charge in [0.1, 0.15) is 0 Å². The van der Waals surface area contributed by atoms with Crippen molar-refractivity contribution in [2.75, 3.05) is 0 Å². The van der Waals surface area contributed by atoms with Gasteiger partial charge in [-0.1, -0.05) is 13.3 Å². The second-order valence-corrected chi connectivity index (χ2v) is 3.98. The van der Waals surface area contributed by atoms with E-state index in [9.17, 15) is 0 Å². The van der Waals surface area contributed by atoms with Crippen LogP contribution in [0.3, 0.4) is 0 Å². The monoisotopic (exact) mass is 247 g/mol. The molecule has 0 aromatic rings. The summed E-state index contributed by atoms with van der Waals surface area (Å²) in [6.45, 7) is 1.89. The molecule has 0 aliphatic carbocycles. The van der Waals surface area contributed by atoms with Crippen LogP contribution < -0.4 is 5.73 Å². The molecule has 0 aliphatic heterocycles. The fourth-order valence-electron chi connectivity index (χ4n) is 0.808. The van der Waals surface area contributed by atoms with Gasteiger partial charge in [-0.25, -0.2) is 0 Å². The molecule has 0 aliphatic rings. The highest BCUT2D eigenvalue weighted by atomic mass is 31.2. The van der Waals surface area contributed by atoms with Gasteiger partial charge in [0.05, 0.1) is 0 Å². The van der Waals surface area contributed by atoms with Crippen molar-refractivity contribution in [2.45, 2.75) is 32.1 Å². The summed E-state index contributed by atoms with van der Waals surface area (Å²) >= 11 is 0. The van der Waals surface area contributed by atoms with Gasteiger partial charge in [0, 0.05) is 6.42 Å². The molecule has 0 aromatic carbocycles. The van der Waals surface area contributed by atoms with Gasteiger partial charge >= 0.3 is 17.2 Å². The molecule has 0 atom stereocenters. The van der Waals surface area contributed by atoms with E-state index >= 15 is 0 Å². The lowest BCUT2D eigenvalue weighted by Gasteiger charge is -2.28. The summed E-state index contributed by atoms with van der Waals surface area (Å²) in [7, 11) is -5.39. The maximum Gasteiger partial charge on any atom is 0.330 e. The molecule has 0 rings (SSSR count). The zero-order valence-electron chi connectivity index (χ0n) is 7.70. The van der Waals surface area contributed by atoms with Gasteiger partial charge in [-0.05, 0) is 6.42 Å². The summed E-state index contributed by atoms with van der Waals surface area (Å²) in [6.07, 6.45) is 1.53. The van der Waals surface area contributed by atoms with Crippen LogP contribution in [-0.2, 0) is 9.05 Å². The van der Waals surface area contributed by atoms with Gasteiger partial charge in [-0.3, -0.25) is 14.8 Å². The quantitative estimate of drug-likeness (QED) is 0.322. The Kier molecular flexibility index (Phi) is 7.24. The van der Waals surface area contributed by atoms with E-state index in [0.29, 0.717) is 6.42 Å². The lowest BCUT2D eigenvalue weighted by atomic mass is 10.2. The summed E-state index contributed by atoms with van der Waals surface area (Å²) in [5.41, 5.74) is 5.43. The van der Waals surface area contributed by atoms with Crippen LogP contribution in [0.4, 0.5) is 0 Å². The molecule has 0 aromatic heterocycles. The minimum atomic E-state index is -2.70. The summed E-state index contributed by atoms with van der Waals surface area (Å²) < 4.78 is 8.96. The standard InChI is InChI=1S/C5H15NO6P2/c1-2-3-4-5(6,11-13(7)8)12-14(9)10/h7-10H,2-4,6H2,1H3. The Hall–Kier alpha value is 0.580. The molecule has 0 bridgehead atoms. The van der Waals surface area contributed by atoms with Crippen LogP contribution >= 0.6 is 17.2 Å². The van der Waals surface area contributed by atoms with Crippen LogP contribution in [0.5, 0.6) is 0 Å². The average Bonchev–Trinajstić information content (AvgIpc) is 1.97. The maximum absolute atomic E-state index is 8.58. The van der Waals surface area contributed by atoms with Gasteiger partial charge in [-0.2, -0.15) is 0 Å². The van der Waals surface area contributed by atoms with E-state index in [1.165, 1.54) is 0 Å². The SMILES string of the molecule is CCCCC(N)(OP(O)O)OP(O)O. The highest BCUT2D eigenvalue weighted by Gasteiger charge is 2.33. The van der Waals surface area contributed by atoms with E-state index in [1.807, 2.05) is 6.92 Å². The third kappa shape index (κ3) is 6.95. The number of hydrogen-bond donors (Lipinski definition) is 5. The van der Waals surface area contributed by atoms with Gasteiger partial charge in [0.2, 0.25) is 5.91 Å². The first kappa shape index (κ1) is 14.6. The van der Waals surface area contributed by atoms with Crippen molar-refractivity contribution < 1.29 is 28.6 Å². The molecule has 6 N–H and O–H groups in total. The minimum absolute atomic E-state index is 0.142. The first-order chi connectivity index (χ1) is 6.39. The molecule has 9 heteroatoms. The van der Waals surface area contributed by atoms with Gasteiger partial charge in [-0.15, -0.1) is 0 Å². The van der Waals surface area contributed by atoms with Gasteiger partial charge in [0.25, 0.3) is 0 Å². The van der Waals surface area contributed by atoms with Crippen LogP contribution in [0.25, 0.3) is 0 Å². The molecule has 86 valence electrons. The van der Waals surface area contributed by atoms with Crippen LogP contribution in [0.15, 0.2) is 0 Å². The van der Waals surface area contributed by atoms with E-state index < -0.39 is 23.1 Å². The fraction of sp³-hybridized carbons (Fsp3) is 1.00. The van der Waals surface area contributed by atoms with Crippen molar-refractivity contribution in [3.63, 3.8) is 0 Å². The van der Waals surface area contributed by atoms with Crippen molar-refractivity contribution in [1.29, 1.82) is 0 Å². The molecule has 0 fully saturated rings. The molecule has 7 nitrogen and oxygen atoms in total. The predicted molar refractivity (Wildman–Crippen MR) is 51.3 cm³/mol. The summed E-state index contributed by atoms with van der Waals surface area (Å²) in [4.78, 5) is 34.3. The van der Waals surface area contributed by atoms with E-state index in [0.717, 1.165) is 6.42 Å². The molecular formula is C5H15NO6P2. The zero-order valence-corrected chi connectivity index (χ0v) is 9.49. The summed E-state index contributed by atoms with van der Waals surface area (Å²) in [5.74, 6) is -1.85. The van der Waals surface area contributed by atoms with Crippen molar-refractivity contribution >= 4 is 17.2 Å². The molecule has 14 heavy (non-hydrogen) atoms. The van der Waals surface area contributed by atoms with E-state index in [2.05, 4.69) is 9.05 Å². The molecule has 0 saturated carbocycles. The Morgan fingerprint density at radius 1 is 1.14 bits per heavy atom. The third-order valence-electron chi connectivity index (χ3n) is 1.35. The number of rotatable bonds is 7. The zero-order chi connectivity index (χ0) is 11.2. The molecule has 0 unspecified atom stereocenters. The van der Waals surface area contributed by atoms with Gasteiger partial charge in [0.15, 0.2) is 0 Å². The van der Waals surface area contributed by atoms with Gasteiger partial charge < -0.3 is 19.6 Å². The molecule has 0 heterocycles. The van der Waals surface area contributed by atoms with Crippen LogP contribution in [0.1, 0.15) is 26.2 Å². The Labute approximate surface area is 84.5 Å². The van der Waals surface area contributed by atoms with Crippen LogP contribution in [-0.4, -0.2) is 25.5 Å². The normalized spacial score (nSPS) is 12.9. The highest BCUT2D eigenvalue weighted by Crippen LogP contribution is 2.40.